The molecular weight excluding hydrogens is 466 g/mol. The number of anilines is 2. The third kappa shape index (κ3) is 3.05. The van der Waals surface area contributed by atoms with Crippen molar-refractivity contribution in [3.63, 3.8) is 0 Å². The summed E-state index contributed by atoms with van der Waals surface area (Å²) in [7, 11) is 0. The van der Waals surface area contributed by atoms with E-state index >= 15 is 0 Å². The number of furan rings is 1. The Balaban J connectivity index is 1.97. The van der Waals surface area contributed by atoms with E-state index in [9.17, 15) is 13.2 Å². The Labute approximate surface area is 168 Å². The Morgan fingerprint density at radius 2 is 1.52 bits per heavy atom. The van der Waals surface area contributed by atoms with E-state index in [0.717, 1.165) is 22.9 Å². The predicted molar refractivity (Wildman–Crippen MR) is 111 cm³/mol. The summed E-state index contributed by atoms with van der Waals surface area (Å²) in [6.07, 6.45) is -4.47. The molecule has 3 aromatic carbocycles. The molecule has 1 heterocycles. The lowest BCUT2D eigenvalue weighted by atomic mass is 10.1. The Morgan fingerprint density at radius 3 is 2.19 bits per heavy atom. The summed E-state index contributed by atoms with van der Waals surface area (Å²) in [5.74, 6) is 0. The molecule has 0 amide bonds. The quantitative estimate of drug-likeness (QED) is 0.215. The van der Waals surface area contributed by atoms with Gasteiger partial charge in [-0.2, -0.15) is 13.2 Å². The van der Waals surface area contributed by atoms with Crippen molar-refractivity contribution in [3.8, 4) is 0 Å². The van der Waals surface area contributed by atoms with Gasteiger partial charge >= 0.3 is 6.18 Å². The molecule has 6 heteroatoms. The molecule has 4 rings (SSSR count). The van der Waals surface area contributed by atoms with E-state index in [-0.39, 0.29) is 5.58 Å². The second kappa shape index (κ2) is 6.44. The Morgan fingerprint density at radius 1 is 0.852 bits per heavy atom. The van der Waals surface area contributed by atoms with E-state index in [1.807, 2.05) is 41.2 Å². The molecular formula is C21H15F3INO. The van der Waals surface area contributed by atoms with Gasteiger partial charge in [0.2, 0.25) is 0 Å². The van der Waals surface area contributed by atoms with Gasteiger partial charge in [-0.25, -0.2) is 0 Å². The first-order chi connectivity index (χ1) is 12.8. The highest BCUT2D eigenvalue weighted by Gasteiger charge is 2.34. The molecule has 0 spiro atoms. The zero-order valence-corrected chi connectivity index (χ0v) is 16.7. The molecule has 0 atom stereocenters. The van der Waals surface area contributed by atoms with Crippen molar-refractivity contribution in [2.75, 3.05) is 3.11 Å². The van der Waals surface area contributed by atoms with Gasteiger partial charge < -0.3 is 4.42 Å². The average molecular weight is 481 g/mol. The second-order valence-corrected chi connectivity index (χ2v) is 7.47. The molecule has 4 aromatic rings. The van der Waals surface area contributed by atoms with Crippen LogP contribution in [0.3, 0.4) is 0 Å². The van der Waals surface area contributed by atoms with Crippen LogP contribution in [0.25, 0.3) is 21.9 Å². The van der Waals surface area contributed by atoms with Gasteiger partial charge in [0.25, 0.3) is 0 Å². The maximum atomic E-state index is 13.4. The number of hydrogen-bond donors (Lipinski definition) is 0. The van der Waals surface area contributed by atoms with Gasteiger partial charge in [-0.3, -0.25) is 3.11 Å². The fourth-order valence-electron chi connectivity index (χ4n) is 3.34. The average Bonchev–Trinajstić information content (AvgIpc) is 2.99. The van der Waals surface area contributed by atoms with Crippen LogP contribution in [0.5, 0.6) is 0 Å². The Hall–Kier alpha value is -2.22. The van der Waals surface area contributed by atoms with Crippen molar-refractivity contribution < 1.29 is 17.6 Å². The minimum atomic E-state index is -4.47. The lowest BCUT2D eigenvalue weighted by Gasteiger charge is -2.19. The Kier molecular flexibility index (Phi) is 4.33. The van der Waals surface area contributed by atoms with Gasteiger partial charge in [-0.1, -0.05) is 42.0 Å². The van der Waals surface area contributed by atoms with E-state index in [1.165, 1.54) is 6.07 Å². The van der Waals surface area contributed by atoms with Gasteiger partial charge in [0.05, 0.1) is 39.8 Å². The minimum absolute atomic E-state index is 0.127. The van der Waals surface area contributed by atoms with Gasteiger partial charge in [-0.05, 0) is 37.6 Å². The number of fused-ring (bicyclic) bond motifs is 3. The smallest absolute Gasteiger partial charge is 0.420 e. The van der Waals surface area contributed by atoms with Crippen LogP contribution < -0.4 is 3.11 Å². The third-order valence-electron chi connectivity index (χ3n) is 4.58. The van der Waals surface area contributed by atoms with E-state index in [4.69, 9.17) is 4.42 Å². The summed E-state index contributed by atoms with van der Waals surface area (Å²) < 4.78 is 47.9. The molecule has 0 saturated heterocycles. The molecule has 2 nitrogen and oxygen atoms in total. The fourth-order valence-corrected chi connectivity index (χ4v) is 4.26. The van der Waals surface area contributed by atoms with Gasteiger partial charge in [0.1, 0.15) is 5.58 Å². The van der Waals surface area contributed by atoms with Gasteiger partial charge in [-0.15, -0.1) is 0 Å². The molecule has 0 fully saturated rings. The highest BCUT2D eigenvalue weighted by Crippen LogP contribution is 2.43. The first kappa shape index (κ1) is 18.2. The molecule has 0 aliphatic heterocycles. The van der Waals surface area contributed by atoms with E-state index in [1.54, 1.807) is 12.1 Å². The summed E-state index contributed by atoms with van der Waals surface area (Å²) in [4.78, 5) is 0. The van der Waals surface area contributed by atoms with Gasteiger partial charge in [0, 0.05) is 10.8 Å². The summed E-state index contributed by atoms with van der Waals surface area (Å²) in [6, 6.07) is 15.7. The standard InChI is InChI=1S/C21H15F3INO/c1-12-9-10-17(13(2)11-12)26(25)18-8-4-6-15-14-5-3-7-16(21(22,23)24)19(14)27-20(15)18/h3-11H,1-2H3. The van der Waals surface area contributed by atoms with Crippen LogP contribution in [0, 0.1) is 13.8 Å². The number of benzene rings is 3. The first-order valence-electron chi connectivity index (χ1n) is 8.32. The van der Waals surface area contributed by atoms with Crippen LogP contribution in [-0.2, 0) is 6.18 Å². The van der Waals surface area contributed by atoms with Crippen molar-refractivity contribution in [3.05, 3.63) is 71.3 Å². The molecule has 0 N–H and O–H groups in total. The molecule has 27 heavy (non-hydrogen) atoms. The van der Waals surface area contributed by atoms with Crippen LogP contribution in [0.4, 0.5) is 24.5 Å². The molecule has 138 valence electrons. The number of alkyl halides is 3. The van der Waals surface area contributed by atoms with Crippen LogP contribution >= 0.6 is 22.9 Å². The molecule has 0 bridgehead atoms. The maximum absolute atomic E-state index is 13.4. The SMILES string of the molecule is Cc1ccc(N(I)c2cccc3c2oc2c(C(F)(F)F)cccc23)c(C)c1. The fraction of sp³-hybridized carbons (Fsp3) is 0.143. The number of halogens is 4. The molecule has 0 unspecified atom stereocenters. The molecule has 0 radical (unpaired) electrons. The number of para-hydroxylation sites is 2. The van der Waals surface area contributed by atoms with E-state index in [2.05, 4.69) is 28.9 Å². The normalized spacial score (nSPS) is 12.1. The van der Waals surface area contributed by atoms with Crippen molar-refractivity contribution in [1.82, 2.24) is 0 Å². The number of rotatable bonds is 2. The monoisotopic (exact) mass is 481 g/mol. The zero-order chi connectivity index (χ0) is 19.3. The van der Waals surface area contributed by atoms with E-state index < -0.39 is 11.7 Å². The lowest BCUT2D eigenvalue weighted by molar-refractivity contribution is -0.136. The maximum Gasteiger partial charge on any atom is 0.420 e. The number of nitrogens with zero attached hydrogens (tertiary/aromatic N) is 1. The molecule has 0 aliphatic rings. The van der Waals surface area contributed by atoms with Crippen LogP contribution in [0.2, 0.25) is 0 Å². The summed E-state index contributed by atoms with van der Waals surface area (Å²) in [5.41, 5.74) is 3.46. The van der Waals surface area contributed by atoms with Crippen molar-refractivity contribution in [2.45, 2.75) is 20.0 Å². The topological polar surface area (TPSA) is 16.4 Å². The summed E-state index contributed by atoms with van der Waals surface area (Å²) in [6.45, 7) is 4.03. The Bertz CT molecular complexity index is 1160. The number of hydrogen-bond acceptors (Lipinski definition) is 2. The lowest BCUT2D eigenvalue weighted by Crippen LogP contribution is -2.04. The number of aryl methyl sites for hydroxylation is 2. The summed E-state index contributed by atoms with van der Waals surface area (Å²) in [5, 5.41) is 1.13. The highest BCUT2D eigenvalue weighted by atomic mass is 127. The minimum Gasteiger partial charge on any atom is -0.453 e. The van der Waals surface area contributed by atoms with Crippen LogP contribution in [-0.4, -0.2) is 0 Å². The molecule has 1 aromatic heterocycles. The van der Waals surface area contributed by atoms with Crippen molar-refractivity contribution >= 4 is 56.2 Å². The second-order valence-electron chi connectivity index (χ2n) is 6.51. The highest BCUT2D eigenvalue weighted by molar-refractivity contribution is 14.1. The predicted octanol–water partition coefficient (Wildman–Crippen LogP) is 7.71. The van der Waals surface area contributed by atoms with Crippen LogP contribution in [0.15, 0.2) is 59.0 Å². The van der Waals surface area contributed by atoms with Crippen molar-refractivity contribution in [2.24, 2.45) is 0 Å². The van der Waals surface area contributed by atoms with Gasteiger partial charge in [0.15, 0.2) is 5.58 Å². The first-order valence-corrected chi connectivity index (χ1v) is 9.28. The zero-order valence-electron chi connectivity index (χ0n) is 14.6. The summed E-state index contributed by atoms with van der Waals surface area (Å²) >= 11 is 2.16. The largest absolute Gasteiger partial charge is 0.453 e. The molecule has 0 saturated carbocycles. The molecule has 0 aliphatic carbocycles. The third-order valence-corrected chi connectivity index (χ3v) is 5.62. The van der Waals surface area contributed by atoms with Crippen LogP contribution in [0.1, 0.15) is 16.7 Å². The van der Waals surface area contributed by atoms with Crippen molar-refractivity contribution in [1.29, 1.82) is 0 Å². The van der Waals surface area contributed by atoms with E-state index in [0.29, 0.717) is 22.0 Å².